The maximum Gasteiger partial charge on any atom is 0.291 e. The third-order valence-electron chi connectivity index (χ3n) is 4.26. The van der Waals surface area contributed by atoms with Crippen molar-refractivity contribution in [2.24, 2.45) is 0 Å². The van der Waals surface area contributed by atoms with E-state index in [-0.39, 0.29) is 24.0 Å². The summed E-state index contributed by atoms with van der Waals surface area (Å²) in [7, 11) is 1.39. The van der Waals surface area contributed by atoms with Crippen molar-refractivity contribution in [2.45, 2.75) is 13.0 Å². The van der Waals surface area contributed by atoms with E-state index in [9.17, 15) is 14.0 Å². The summed E-state index contributed by atoms with van der Waals surface area (Å²) < 4.78 is 29.3. The molecule has 0 bridgehead atoms. The quantitative estimate of drug-likeness (QED) is 0.585. The molecule has 2 aromatic carbocycles. The van der Waals surface area contributed by atoms with Crippen molar-refractivity contribution >= 4 is 17.5 Å². The van der Waals surface area contributed by atoms with Gasteiger partial charge >= 0.3 is 0 Å². The van der Waals surface area contributed by atoms with Gasteiger partial charge in [-0.2, -0.15) is 0 Å². The number of carbonyl (C=O) groups is 2. The summed E-state index contributed by atoms with van der Waals surface area (Å²) in [6, 6.07) is 13.9. The predicted octanol–water partition coefficient (Wildman–Crippen LogP) is 3.94. The Morgan fingerprint density at radius 1 is 1.13 bits per heavy atom. The average molecular weight is 412 g/mol. The molecule has 0 aliphatic heterocycles. The molecule has 0 radical (unpaired) electrons. The fourth-order valence-corrected chi connectivity index (χ4v) is 2.73. The van der Waals surface area contributed by atoms with Crippen LogP contribution in [0, 0.1) is 5.82 Å². The molecule has 8 heteroatoms. The lowest BCUT2D eigenvalue weighted by Crippen LogP contribution is -2.31. The molecular formula is C22H21FN2O5. The fourth-order valence-electron chi connectivity index (χ4n) is 2.73. The monoisotopic (exact) mass is 412 g/mol. The highest BCUT2D eigenvalue weighted by atomic mass is 19.1. The Balaban J connectivity index is 1.53. The largest absolute Gasteiger partial charge is 0.494 e. The molecule has 1 atom stereocenters. The summed E-state index contributed by atoms with van der Waals surface area (Å²) in [6.07, 6.45) is 1.41. The van der Waals surface area contributed by atoms with Crippen molar-refractivity contribution in [3.8, 4) is 11.5 Å². The van der Waals surface area contributed by atoms with Crippen LogP contribution in [0.25, 0.3) is 0 Å². The van der Waals surface area contributed by atoms with Gasteiger partial charge in [0.1, 0.15) is 5.75 Å². The molecule has 0 fully saturated rings. The van der Waals surface area contributed by atoms with Gasteiger partial charge in [-0.1, -0.05) is 12.1 Å². The van der Waals surface area contributed by atoms with Crippen LogP contribution in [-0.4, -0.2) is 25.5 Å². The number of anilines is 1. The van der Waals surface area contributed by atoms with Crippen molar-refractivity contribution in [3.05, 3.63) is 78.0 Å². The minimum Gasteiger partial charge on any atom is -0.494 e. The molecule has 0 saturated carbocycles. The first kappa shape index (κ1) is 20.9. The van der Waals surface area contributed by atoms with Crippen LogP contribution in [0.3, 0.4) is 0 Å². The highest BCUT2D eigenvalue weighted by Gasteiger charge is 2.13. The zero-order chi connectivity index (χ0) is 21.5. The Kier molecular flexibility index (Phi) is 6.69. The summed E-state index contributed by atoms with van der Waals surface area (Å²) in [6.45, 7) is 1.50. The lowest BCUT2D eigenvalue weighted by Gasteiger charge is -2.16. The second-order valence-electron chi connectivity index (χ2n) is 6.43. The van der Waals surface area contributed by atoms with Gasteiger partial charge in [0.05, 0.1) is 19.4 Å². The second-order valence-corrected chi connectivity index (χ2v) is 6.43. The van der Waals surface area contributed by atoms with Crippen molar-refractivity contribution in [3.63, 3.8) is 0 Å². The Bertz CT molecular complexity index is 1020. The summed E-state index contributed by atoms with van der Waals surface area (Å²) in [5.74, 6) is -0.533. The van der Waals surface area contributed by atoms with Gasteiger partial charge in [-0.3, -0.25) is 9.59 Å². The highest BCUT2D eigenvalue weighted by molar-refractivity contribution is 6.02. The number of nitrogens with one attached hydrogen (secondary N) is 2. The number of benzene rings is 2. The van der Waals surface area contributed by atoms with Crippen LogP contribution in [0.1, 0.15) is 29.1 Å². The molecule has 0 saturated heterocycles. The molecule has 3 aromatic rings. The topological polar surface area (TPSA) is 89.8 Å². The molecule has 1 aromatic heterocycles. The first-order valence-corrected chi connectivity index (χ1v) is 9.17. The zero-order valence-electron chi connectivity index (χ0n) is 16.5. The molecular weight excluding hydrogens is 391 g/mol. The van der Waals surface area contributed by atoms with Gasteiger partial charge in [-0.15, -0.1) is 0 Å². The summed E-state index contributed by atoms with van der Waals surface area (Å²) in [5, 5.41) is 5.42. The number of rotatable bonds is 8. The van der Waals surface area contributed by atoms with E-state index in [4.69, 9.17) is 13.9 Å². The standard InChI is InChI=1S/C22H21FN2O5/c1-14(15-8-9-19(28-2)18(23)11-15)24-21(26)13-30-17-6-3-5-16(12-17)25-22(27)20-7-4-10-29-20/h3-12,14H,13H2,1-2H3,(H,24,26)(H,25,27)/t14-/m1/s1. The molecule has 0 unspecified atom stereocenters. The molecule has 2 N–H and O–H groups in total. The van der Waals surface area contributed by atoms with E-state index < -0.39 is 17.8 Å². The third kappa shape index (κ3) is 5.38. The average Bonchev–Trinajstić information content (AvgIpc) is 3.27. The molecule has 0 aliphatic rings. The molecule has 3 rings (SSSR count). The summed E-state index contributed by atoms with van der Waals surface area (Å²) >= 11 is 0. The fraction of sp³-hybridized carbons (Fsp3) is 0.182. The smallest absolute Gasteiger partial charge is 0.291 e. The number of hydrogen-bond donors (Lipinski definition) is 2. The number of furan rings is 1. The second kappa shape index (κ2) is 9.60. The first-order chi connectivity index (χ1) is 14.5. The van der Waals surface area contributed by atoms with Gasteiger partial charge in [0, 0.05) is 11.8 Å². The van der Waals surface area contributed by atoms with Gasteiger partial charge in [-0.25, -0.2) is 4.39 Å². The van der Waals surface area contributed by atoms with Crippen molar-refractivity contribution in [1.82, 2.24) is 5.32 Å². The Hall–Kier alpha value is -3.81. The van der Waals surface area contributed by atoms with Gasteiger partial charge in [0.2, 0.25) is 0 Å². The molecule has 7 nitrogen and oxygen atoms in total. The third-order valence-corrected chi connectivity index (χ3v) is 4.26. The Morgan fingerprint density at radius 2 is 1.97 bits per heavy atom. The van der Waals surface area contributed by atoms with Crippen LogP contribution in [0.2, 0.25) is 0 Å². The number of amides is 2. The van der Waals surface area contributed by atoms with Crippen molar-refractivity contribution in [2.75, 3.05) is 19.0 Å². The first-order valence-electron chi connectivity index (χ1n) is 9.17. The Labute approximate surface area is 172 Å². The van der Waals surface area contributed by atoms with Crippen molar-refractivity contribution in [1.29, 1.82) is 0 Å². The van der Waals surface area contributed by atoms with E-state index in [2.05, 4.69) is 10.6 Å². The SMILES string of the molecule is COc1ccc([C@@H](C)NC(=O)COc2cccc(NC(=O)c3ccco3)c2)cc1F. The van der Waals surface area contributed by atoms with Crippen LogP contribution in [0.4, 0.5) is 10.1 Å². The number of halogens is 1. The highest BCUT2D eigenvalue weighted by Crippen LogP contribution is 2.22. The van der Waals surface area contributed by atoms with E-state index in [1.807, 2.05) is 0 Å². The van der Waals surface area contributed by atoms with E-state index in [0.717, 1.165) is 0 Å². The lowest BCUT2D eigenvalue weighted by molar-refractivity contribution is -0.123. The normalized spacial score (nSPS) is 11.4. The number of hydrogen-bond acceptors (Lipinski definition) is 5. The Morgan fingerprint density at radius 3 is 2.67 bits per heavy atom. The molecule has 0 aliphatic carbocycles. The number of ether oxygens (including phenoxy) is 2. The maximum absolute atomic E-state index is 13.8. The summed E-state index contributed by atoms with van der Waals surface area (Å²) in [4.78, 5) is 24.2. The van der Waals surface area contributed by atoms with Gasteiger partial charge in [-0.05, 0) is 48.9 Å². The van der Waals surface area contributed by atoms with E-state index in [0.29, 0.717) is 17.0 Å². The number of carbonyl (C=O) groups excluding carboxylic acids is 2. The van der Waals surface area contributed by atoms with E-state index in [1.165, 1.54) is 25.5 Å². The number of methoxy groups -OCH3 is 1. The van der Waals surface area contributed by atoms with E-state index >= 15 is 0 Å². The minimum atomic E-state index is -0.499. The lowest BCUT2D eigenvalue weighted by atomic mass is 10.1. The molecule has 2 amide bonds. The van der Waals surface area contributed by atoms with Crippen LogP contribution < -0.4 is 20.1 Å². The van der Waals surface area contributed by atoms with Gasteiger partial charge in [0.25, 0.3) is 11.8 Å². The van der Waals surface area contributed by atoms with Crippen LogP contribution >= 0.6 is 0 Å². The molecule has 156 valence electrons. The summed E-state index contributed by atoms with van der Waals surface area (Å²) in [5.41, 5.74) is 1.10. The van der Waals surface area contributed by atoms with E-state index in [1.54, 1.807) is 49.4 Å². The van der Waals surface area contributed by atoms with Crippen LogP contribution in [-0.2, 0) is 4.79 Å². The molecule has 30 heavy (non-hydrogen) atoms. The minimum absolute atomic E-state index is 0.139. The van der Waals surface area contributed by atoms with Crippen LogP contribution in [0.5, 0.6) is 11.5 Å². The van der Waals surface area contributed by atoms with Gasteiger partial charge < -0.3 is 24.5 Å². The molecule has 0 spiro atoms. The predicted molar refractivity (Wildman–Crippen MR) is 108 cm³/mol. The van der Waals surface area contributed by atoms with Crippen molar-refractivity contribution < 1.29 is 27.9 Å². The maximum atomic E-state index is 13.8. The molecule has 1 heterocycles. The van der Waals surface area contributed by atoms with Gasteiger partial charge in [0.15, 0.2) is 23.9 Å². The zero-order valence-corrected chi connectivity index (χ0v) is 16.5. The van der Waals surface area contributed by atoms with Crippen LogP contribution in [0.15, 0.2) is 65.3 Å².